The molecule has 1 N–H and O–H groups in total. The van der Waals surface area contributed by atoms with E-state index in [1.807, 2.05) is 18.7 Å². The topological polar surface area (TPSA) is 23.5 Å². The van der Waals surface area contributed by atoms with Crippen molar-refractivity contribution in [3.8, 4) is 0 Å². The van der Waals surface area contributed by atoms with Crippen molar-refractivity contribution in [3.63, 3.8) is 0 Å². The van der Waals surface area contributed by atoms with Gasteiger partial charge in [-0.2, -0.15) is 0 Å². The molecule has 4 heteroatoms. The van der Waals surface area contributed by atoms with Crippen molar-refractivity contribution in [2.75, 3.05) is 19.6 Å². The van der Waals surface area contributed by atoms with Crippen LogP contribution in [0.5, 0.6) is 0 Å². The third kappa shape index (κ3) is 3.50. The summed E-state index contributed by atoms with van der Waals surface area (Å²) in [5, 5.41) is 9.58. The molecule has 84 valence electrons. The molecule has 1 aliphatic rings. The second kappa shape index (κ2) is 4.53. The third-order valence-electron chi connectivity index (χ3n) is 2.80. The zero-order valence-corrected chi connectivity index (χ0v) is 8.84. The summed E-state index contributed by atoms with van der Waals surface area (Å²) in [6, 6.07) is 0. The normalized spacial score (nSPS) is 25.3. The van der Waals surface area contributed by atoms with Crippen LogP contribution in [0.25, 0.3) is 0 Å². The number of rotatable bonds is 3. The lowest BCUT2D eigenvalue weighted by atomic mass is 10.0. The van der Waals surface area contributed by atoms with Gasteiger partial charge in [0, 0.05) is 32.5 Å². The molecule has 2 nitrogen and oxygen atoms in total. The first kappa shape index (κ1) is 11.9. The second-order valence-corrected chi connectivity index (χ2v) is 4.47. The van der Waals surface area contributed by atoms with Gasteiger partial charge in [0.15, 0.2) is 0 Å². The van der Waals surface area contributed by atoms with E-state index in [1.165, 1.54) is 0 Å². The monoisotopic (exact) mass is 207 g/mol. The number of halogens is 2. The quantitative estimate of drug-likeness (QED) is 0.762. The number of nitrogens with zero attached hydrogens (tertiary/aromatic N) is 1. The number of hydrogen-bond donors (Lipinski definition) is 1. The highest BCUT2D eigenvalue weighted by atomic mass is 19.3. The predicted molar refractivity (Wildman–Crippen MR) is 51.5 cm³/mol. The van der Waals surface area contributed by atoms with Crippen LogP contribution in [0, 0.1) is 5.92 Å². The molecule has 14 heavy (non-hydrogen) atoms. The Balaban J connectivity index is 2.29. The third-order valence-corrected chi connectivity index (χ3v) is 2.80. The predicted octanol–water partition coefficient (Wildman–Crippen LogP) is 1.73. The number of likely N-dealkylation sites (tertiary alicyclic amines) is 1. The minimum atomic E-state index is -2.49. The largest absolute Gasteiger partial charge is 0.392 e. The zero-order chi connectivity index (χ0) is 10.8. The van der Waals surface area contributed by atoms with Gasteiger partial charge in [0.25, 0.3) is 5.92 Å². The molecule has 0 aromatic heterocycles. The van der Waals surface area contributed by atoms with Gasteiger partial charge in [-0.3, -0.25) is 0 Å². The molecule has 0 radical (unpaired) electrons. The van der Waals surface area contributed by atoms with E-state index in [2.05, 4.69) is 0 Å². The fourth-order valence-corrected chi connectivity index (χ4v) is 1.54. The summed E-state index contributed by atoms with van der Waals surface area (Å²) in [7, 11) is 0. The van der Waals surface area contributed by atoms with Crippen molar-refractivity contribution >= 4 is 0 Å². The summed E-state index contributed by atoms with van der Waals surface area (Å²) in [5.41, 5.74) is 0. The molecule has 1 atom stereocenters. The van der Waals surface area contributed by atoms with Crippen LogP contribution in [0.15, 0.2) is 0 Å². The lowest BCUT2D eigenvalue weighted by Crippen LogP contribution is -2.43. The molecule has 1 rings (SSSR count). The van der Waals surface area contributed by atoms with E-state index in [0.717, 1.165) is 0 Å². The van der Waals surface area contributed by atoms with Crippen molar-refractivity contribution < 1.29 is 13.9 Å². The SMILES string of the molecule is CC(C)C(O)CN1CCC(F)(F)CC1. The summed E-state index contributed by atoms with van der Waals surface area (Å²) >= 11 is 0. The number of piperidine rings is 1. The molecule has 1 aliphatic heterocycles. The Labute approximate surface area is 83.9 Å². The smallest absolute Gasteiger partial charge is 0.250 e. The molecule has 1 heterocycles. The minimum absolute atomic E-state index is 0.0716. The molecule has 0 bridgehead atoms. The average Bonchev–Trinajstić information content (AvgIpc) is 2.08. The lowest BCUT2D eigenvalue weighted by molar-refractivity contribution is -0.0632. The molecule has 1 fully saturated rings. The maximum Gasteiger partial charge on any atom is 0.250 e. The maximum atomic E-state index is 12.8. The highest BCUT2D eigenvalue weighted by Gasteiger charge is 2.34. The standard InChI is InChI=1S/C10H19F2NO/c1-8(2)9(14)7-13-5-3-10(11,12)4-6-13/h8-9,14H,3-7H2,1-2H3. The lowest BCUT2D eigenvalue weighted by Gasteiger charge is -2.33. The Morgan fingerprint density at radius 2 is 1.79 bits per heavy atom. The van der Waals surface area contributed by atoms with Crippen LogP contribution in [-0.4, -0.2) is 41.7 Å². The maximum absolute atomic E-state index is 12.8. The summed E-state index contributed by atoms with van der Waals surface area (Å²) in [4.78, 5) is 1.92. The number of hydrogen-bond acceptors (Lipinski definition) is 2. The van der Waals surface area contributed by atoms with E-state index in [4.69, 9.17) is 0 Å². The summed E-state index contributed by atoms with van der Waals surface area (Å²) in [6.45, 7) is 5.19. The Morgan fingerprint density at radius 1 is 1.29 bits per heavy atom. The van der Waals surface area contributed by atoms with Gasteiger partial charge < -0.3 is 10.0 Å². The van der Waals surface area contributed by atoms with Gasteiger partial charge >= 0.3 is 0 Å². The molecule has 0 saturated carbocycles. The van der Waals surface area contributed by atoms with Gasteiger partial charge in [-0.25, -0.2) is 8.78 Å². The Kier molecular flexibility index (Phi) is 3.84. The van der Waals surface area contributed by atoms with E-state index in [-0.39, 0.29) is 18.8 Å². The summed E-state index contributed by atoms with van der Waals surface area (Å²) in [5.74, 6) is -2.29. The van der Waals surface area contributed by atoms with Crippen molar-refractivity contribution in [3.05, 3.63) is 0 Å². The van der Waals surface area contributed by atoms with Crippen LogP contribution in [0.1, 0.15) is 26.7 Å². The van der Waals surface area contributed by atoms with Crippen molar-refractivity contribution in [1.29, 1.82) is 0 Å². The van der Waals surface area contributed by atoms with E-state index in [0.29, 0.717) is 19.6 Å². The highest BCUT2D eigenvalue weighted by Crippen LogP contribution is 2.27. The molecule has 0 aliphatic carbocycles. The van der Waals surface area contributed by atoms with Crippen LogP contribution in [-0.2, 0) is 0 Å². The summed E-state index contributed by atoms with van der Waals surface area (Å²) < 4.78 is 25.6. The molecular weight excluding hydrogens is 188 g/mol. The first-order chi connectivity index (χ1) is 6.41. The minimum Gasteiger partial charge on any atom is -0.392 e. The van der Waals surface area contributed by atoms with E-state index in [1.54, 1.807) is 0 Å². The van der Waals surface area contributed by atoms with Crippen LogP contribution in [0.3, 0.4) is 0 Å². The van der Waals surface area contributed by atoms with E-state index < -0.39 is 12.0 Å². The molecule has 1 unspecified atom stereocenters. The number of β-amino-alcohol motifs (C(OH)–C–C–N with tert-alkyl or cyclic N) is 1. The zero-order valence-electron chi connectivity index (χ0n) is 8.84. The van der Waals surface area contributed by atoms with Gasteiger partial charge in [-0.05, 0) is 5.92 Å². The van der Waals surface area contributed by atoms with Gasteiger partial charge in [-0.15, -0.1) is 0 Å². The summed E-state index contributed by atoms with van der Waals surface area (Å²) in [6.07, 6.45) is -0.544. The van der Waals surface area contributed by atoms with Crippen LogP contribution < -0.4 is 0 Å². The number of aliphatic hydroxyl groups is 1. The van der Waals surface area contributed by atoms with Crippen molar-refractivity contribution in [2.24, 2.45) is 5.92 Å². The average molecular weight is 207 g/mol. The fourth-order valence-electron chi connectivity index (χ4n) is 1.54. The Bertz CT molecular complexity index is 175. The van der Waals surface area contributed by atoms with Crippen molar-refractivity contribution in [2.45, 2.75) is 38.7 Å². The van der Waals surface area contributed by atoms with E-state index in [9.17, 15) is 13.9 Å². The number of aliphatic hydroxyl groups excluding tert-OH is 1. The molecule has 1 saturated heterocycles. The number of alkyl halides is 2. The van der Waals surface area contributed by atoms with E-state index >= 15 is 0 Å². The van der Waals surface area contributed by atoms with Crippen LogP contribution in [0.2, 0.25) is 0 Å². The second-order valence-electron chi connectivity index (χ2n) is 4.47. The van der Waals surface area contributed by atoms with Crippen LogP contribution >= 0.6 is 0 Å². The van der Waals surface area contributed by atoms with Gasteiger partial charge in [0.1, 0.15) is 0 Å². The molecular formula is C10H19F2NO. The molecule has 0 amide bonds. The Hall–Kier alpha value is -0.220. The van der Waals surface area contributed by atoms with Crippen molar-refractivity contribution in [1.82, 2.24) is 4.90 Å². The molecule has 0 aromatic rings. The molecule has 0 spiro atoms. The van der Waals surface area contributed by atoms with Gasteiger partial charge in [-0.1, -0.05) is 13.8 Å². The molecule has 0 aromatic carbocycles. The first-order valence-corrected chi connectivity index (χ1v) is 5.19. The fraction of sp³-hybridized carbons (Fsp3) is 1.00. The van der Waals surface area contributed by atoms with Gasteiger partial charge in [0.05, 0.1) is 6.10 Å². The highest BCUT2D eigenvalue weighted by molar-refractivity contribution is 4.79. The first-order valence-electron chi connectivity index (χ1n) is 5.19. The Morgan fingerprint density at radius 3 is 2.21 bits per heavy atom. The van der Waals surface area contributed by atoms with Crippen LogP contribution in [0.4, 0.5) is 8.78 Å². The van der Waals surface area contributed by atoms with Gasteiger partial charge in [0.2, 0.25) is 0 Å².